The second kappa shape index (κ2) is 4.87. The molecule has 6 heteroatoms. The minimum atomic E-state index is 0.591. The minimum Gasteiger partial charge on any atom is -0.383 e. The topological polar surface area (TPSA) is 51.8 Å². The molecule has 0 fully saturated rings. The average Bonchev–Trinajstić information content (AvgIpc) is 2.96. The zero-order valence-electron chi connectivity index (χ0n) is 9.71. The molecule has 18 heavy (non-hydrogen) atoms. The van der Waals surface area contributed by atoms with Gasteiger partial charge in [-0.3, -0.25) is 0 Å². The van der Waals surface area contributed by atoms with Gasteiger partial charge in [-0.1, -0.05) is 6.07 Å². The van der Waals surface area contributed by atoms with Crippen LogP contribution in [0.3, 0.4) is 0 Å². The molecule has 0 aliphatic carbocycles. The molecule has 0 radical (unpaired) electrons. The normalized spacial score (nSPS) is 11.2. The molecular weight excluding hydrogens is 282 g/mol. The van der Waals surface area contributed by atoms with E-state index in [2.05, 4.69) is 26.8 Å². The van der Waals surface area contributed by atoms with Crippen LogP contribution in [0.15, 0.2) is 22.9 Å². The Morgan fingerprint density at radius 2 is 2.22 bits per heavy atom. The van der Waals surface area contributed by atoms with Gasteiger partial charge in [0.1, 0.15) is 16.5 Å². The van der Waals surface area contributed by atoms with Crippen molar-refractivity contribution in [2.75, 3.05) is 12.0 Å². The number of hydrogen-bond acceptors (Lipinski definition) is 6. The Kier molecular flexibility index (Phi) is 3.23. The van der Waals surface area contributed by atoms with Gasteiger partial charge in [0.05, 0.1) is 11.1 Å². The van der Waals surface area contributed by atoms with Crippen LogP contribution in [0.4, 0.5) is 5.82 Å². The summed E-state index contributed by atoms with van der Waals surface area (Å²) in [5.41, 5.74) is 7.24. The van der Waals surface area contributed by atoms with Gasteiger partial charge in [-0.25, -0.2) is 9.97 Å². The lowest BCUT2D eigenvalue weighted by atomic mass is 10.2. The molecule has 3 aromatic heterocycles. The highest BCUT2D eigenvalue weighted by molar-refractivity contribution is 7.97. The molecule has 0 saturated heterocycles. The molecule has 0 bridgehead atoms. The van der Waals surface area contributed by atoms with Crippen LogP contribution in [0, 0.1) is 0 Å². The third-order valence-electron chi connectivity index (χ3n) is 2.57. The molecule has 0 unspecified atom stereocenters. The molecule has 3 heterocycles. The molecule has 0 aliphatic heterocycles. The van der Waals surface area contributed by atoms with Gasteiger partial charge in [-0.05, 0) is 17.7 Å². The third kappa shape index (κ3) is 2.00. The van der Waals surface area contributed by atoms with E-state index in [0.29, 0.717) is 5.82 Å². The number of aromatic nitrogens is 2. The molecule has 3 rings (SSSR count). The van der Waals surface area contributed by atoms with Crippen molar-refractivity contribution in [3.05, 3.63) is 28.7 Å². The van der Waals surface area contributed by atoms with Crippen molar-refractivity contribution in [1.29, 1.82) is 0 Å². The van der Waals surface area contributed by atoms with Gasteiger partial charge in [0, 0.05) is 15.8 Å². The van der Waals surface area contributed by atoms with Crippen LogP contribution in [-0.2, 0) is 5.75 Å². The van der Waals surface area contributed by atoms with Crippen LogP contribution in [0.2, 0.25) is 0 Å². The van der Waals surface area contributed by atoms with Crippen molar-refractivity contribution >= 4 is 50.5 Å². The lowest BCUT2D eigenvalue weighted by Crippen LogP contribution is -1.98. The summed E-state index contributed by atoms with van der Waals surface area (Å²) in [5.74, 6) is 2.20. The molecule has 92 valence electrons. The van der Waals surface area contributed by atoms with Crippen molar-refractivity contribution in [3.8, 4) is 10.4 Å². The Balaban J connectivity index is 2.20. The maximum Gasteiger partial charge on any atom is 0.142 e. The first kappa shape index (κ1) is 12.0. The summed E-state index contributed by atoms with van der Waals surface area (Å²) < 4.78 is 0. The number of nitrogens with two attached hydrogens (primary N) is 1. The van der Waals surface area contributed by atoms with E-state index in [1.54, 1.807) is 34.4 Å². The summed E-state index contributed by atoms with van der Waals surface area (Å²) in [6.07, 6.45) is 2.04. The molecule has 3 aromatic rings. The van der Waals surface area contributed by atoms with E-state index in [9.17, 15) is 0 Å². The lowest BCUT2D eigenvalue weighted by Gasteiger charge is -2.02. The van der Waals surface area contributed by atoms with Crippen molar-refractivity contribution in [3.63, 3.8) is 0 Å². The summed E-state index contributed by atoms with van der Waals surface area (Å²) >= 11 is 5.05. The Hall–Kier alpha value is -1.11. The quantitative estimate of drug-likeness (QED) is 0.796. The van der Waals surface area contributed by atoms with E-state index >= 15 is 0 Å². The second-order valence-electron chi connectivity index (χ2n) is 3.76. The molecule has 2 N–H and O–H groups in total. The minimum absolute atomic E-state index is 0.591. The monoisotopic (exact) mass is 293 g/mol. The molecule has 0 atom stereocenters. The first-order valence-electron chi connectivity index (χ1n) is 5.36. The zero-order chi connectivity index (χ0) is 12.5. The summed E-state index contributed by atoms with van der Waals surface area (Å²) in [5, 5.41) is 5.18. The van der Waals surface area contributed by atoms with Crippen LogP contribution >= 0.6 is 34.4 Å². The van der Waals surface area contributed by atoms with Crippen LogP contribution in [0.5, 0.6) is 0 Å². The Morgan fingerprint density at radius 3 is 2.94 bits per heavy atom. The van der Waals surface area contributed by atoms with E-state index in [4.69, 9.17) is 5.73 Å². The smallest absolute Gasteiger partial charge is 0.142 e. The fraction of sp³-hybridized carbons (Fsp3) is 0.167. The molecular formula is C12H11N3S3. The van der Waals surface area contributed by atoms with Gasteiger partial charge >= 0.3 is 0 Å². The van der Waals surface area contributed by atoms with E-state index in [1.165, 1.54) is 4.88 Å². The first-order chi connectivity index (χ1) is 8.79. The maximum absolute atomic E-state index is 6.09. The molecule has 0 amide bonds. The number of anilines is 1. The van der Waals surface area contributed by atoms with Crippen LogP contribution < -0.4 is 5.73 Å². The van der Waals surface area contributed by atoms with Crippen molar-refractivity contribution in [2.24, 2.45) is 0 Å². The Labute approximate surface area is 117 Å². The van der Waals surface area contributed by atoms with Gasteiger partial charge < -0.3 is 5.73 Å². The second-order valence-corrected chi connectivity index (χ2v) is 6.44. The molecule has 0 spiro atoms. The highest BCUT2D eigenvalue weighted by Gasteiger charge is 2.13. The highest BCUT2D eigenvalue weighted by Crippen LogP contribution is 2.37. The van der Waals surface area contributed by atoms with Gasteiger partial charge in [-0.15, -0.1) is 22.7 Å². The van der Waals surface area contributed by atoms with E-state index in [1.807, 2.05) is 12.3 Å². The fourth-order valence-corrected chi connectivity index (χ4v) is 4.00. The molecule has 0 saturated carbocycles. The van der Waals surface area contributed by atoms with Crippen LogP contribution in [0.25, 0.3) is 20.7 Å². The largest absolute Gasteiger partial charge is 0.383 e. The van der Waals surface area contributed by atoms with Gasteiger partial charge in [0.2, 0.25) is 0 Å². The number of hydrogen-bond donors (Lipinski definition) is 1. The van der Waals surface area contributed by atoms with Crippen molar-refractivity contribution in [1.82, 2.24) is 9.97 Å². The predicted octanol–water partition coefficient (Wildman–Crippen LogP) is 3.87. The molecule has 0 aromatic carbocycles. The standard InChI is InChI=1S/C12H11N3S3/c1-16-6-9-14-11(13)10-7(5-18-12(10)15-9)8-3-2-4-17-8/h2-5H,6H2,1H3,(H2,13,14,15). The molecule has 0 aliphatic rings. The summed E-state index contributed by atoms with van der Waals surface area (Å²) in [6.45, 7) is 0. The van der Waals surface area contributed by atoms with E-state index < -0.39 is 0 Å². The van der Waals surface area contributed by atoms with Gasteiger partial charge in [0.25, 0.3) is 0 Å². The number of thioether (sulfide) groups is 1. The average molecular weight is 293 g/mol. The number of nitrogens with zero attached hydrogens (tertiary/aromatic N) is 2. The van der Waals surface area contributed by atoms with Crippen LogP contribution in [-0.4, -0.2) is 16.2 Å². The van der Waals surface area contributed by atoms with E-state index in [0.717, 1.165) is 27.4 Å². The SMILES string of the molecule is CSCc1nc(N)c2c(-c3cccs3)csc2n1. The van der Waals surface area contributed by atoms with Crippen molar-refractivity contribution in [2.45, 2.75) is 5.75 Å². The number of thiophene rings is 2. The Bertz CT molecular complexity index is 673. The van der Waals surface area contributed by atoms with Crippen molar-refractivity contribution < 1.29 is 0 Å². The number of rotatable bonds is 3. The summed E-state index contributed by atoms with van der Waals surface area (Å²) in [6, 6.07) is 4.14. The molecule has 3 nitrogen and oxygen atoms in total. The zero-order valence-corrected chi connectivity index (χ0v) is 12.2. The summed E-state index contributed by atoms with van der Waals surface area (Å²) in [7, 11) is 0. The van der Waals surface area contributed by atoms with Gasteiger partial charge in [-0.2, -0.15) is 11.8 Å². The van der Waals surface area contributed by atoms with Crippen LogP contribution in [0.1, 0.15) is 5.82 Å². The fourth-order valence-electron chi connectivity index (χ4n) is 1.82. The third-order valence-corrected chi connectivity index (χ3v) is 4.89. The number of nitrogen functional groups attached to an aromatic ring is 1. The highest BCUT2D eigenvalue weighted by atomic mass is 32.2. The first-order valence-corrected chi connectivity index (χ1v) is 8.51. The predicted molar refractivity (Wildman–Crippen MR) is 82.4 cm³/mol. The van der Waals surface area contributed by atoms with Gasteiger partial charge in [0.15, 0.2) is 0 Å². The maximum atomic E-state index is 6.09. The Morgan fingerprint density at radius 1 is 1.33 bits per heavy atom. The summed E-state index contributed by atoms with van der Waals surface area (Å²) in [4.78, 5) is 11.2. The lowest BCUT2D eigenvalue weighted by molar-refractivity contribution is 1.08. The number of fused-ring (bicyclic) bond motifs is 1. The van der Waals surface area contributed by atoms with E-state index in [-0.39, 0.29) is 0 Å².